The molecule has 1 amide bonds. The molecule has 1 aromatic rings. The highest BCUT2D eigenvalue weighted by Gasteiger charge is 2.40. The first-order chi connectivity index (χ1) is 9.04. The second kappa shape index (κ2) is 4.76. The SMILES string of the molecule is CN1C[C@@H]2CN(C(=O)c3cc(=O)[nH]cc3Br)C[C@@H]2C1. The number of amides is 1. The number of nitrogens with zero attached hydrogens (tertiary/aromatic N) is 2. The highest BCUT2D eigenvalue weighted by molar-refractivity contribution is 9.10. The minimum Gasteiger partial charge on any atom is -0.338 e. The zero-order chi connectivity index (χ0) is 13.6. The van der Waals surface area contributed by atoms with Gasteiger partial charge in [-0.25, -0.2) is 0 Å². The monoisotopic (exact) mass is 325 g/mol. The standard InChI is InChI=1S/C13H16BrN3O2/c1-16-4-8-6-17(7-9(8)5-16)13(19)10-2-12(18)15-3-11(10)14/h2-3,8-9H,4-7H2,1H3,(H,15,18)/t8-,9+. The largest absolute Gasteiger partial charge is 0.338 e. The smallest absolute Gasteiger partial charge is 0.255 e. The van der Waals surface area contributed by atoms with Crippen molar-refractivity contribution in [1.29, 1.82) is 0 Å². The summed E-state index contributed by atoms with van der Waals surface area (Å²) in [7, 11) is 2.12. The minimum absolute atomic E-state index is 0.0463. The molecule has 0 aromatic carbocycles. The molecule has 0 spiro atoms. The van der Waals surface area contributed by atoms with Crippen molar-refractivity contribution >= 4 is 21.8 Å². The number of aromatic nitrogens is 1. The minimum atomic E-state index is -0.245. The Balaban J connectivity index is 1.79. The lowest BCUT2D eigenvalue weighted by molar-refractivity contribution is 0.0775. The molecule has 3 rings (SSSR count). The fourth-order valence-corrected chi connectivity index (χ4v) is 3.58. The van der Waals surface area contributed by atoms with E-state index in [2.05, 4.69) is 32.9 Å². The van der Waals surface area contributed by atoms with Crippen molar-refractivity contribution in [3.05, 3.63) is 32.7 Å². The molecule has 3 heterocycles. The van der Waals surface area contributed by atoms with Crippen molar-refractivity contribution < 1.29 is 4.79 Å². The third-order valence-electron chi connectivity index (χ3n) is 4.06. The molecular formula is C13H16BrN3O2. The first-order valence-electron chi connectivity index (χ1n) is 6.40. The number of fused-ring (bicyclic) bond motifs is 1. The van der Waals surface area contributed by atoms with Crippen LogP contribution in [0.3, 0.4) is 0 Å². The molecular weight excluding hydrogens is 310 g/mol. The van der Waals surface area contributed by atoms with Gasteiger partial charge < -0.3 is 14.8 Å². The number of aromatic amines is 1. The highest BCUT2D eigenvalue weighted by atomic mass is 79.9. The van der Waals surface area contributed by atoms with Crippen molar-refractivity contribution in [2.45, 2.75) is 0 Å². The molecule has 1 N–H and O–H groups in total. The van der Waals surface area contributed by atoms with Gasteiger partial charge in [0.05, 0.1) is 5.56 Å². The van der Waals surface area contributed by atoms with Crippen LogP contribution in [0.15, 0.2) is 21.5 Å². The molecule has 2 atom stereocenters. The Morgan fingerprint density at radius 3 is 2.58 bits per heavy atom. The fourth-order valence-electron chi connectivity index (χ4n) is 3.18. The van der Waals surface area contributed by atoms with E-state index in [0.717, 1.165) is 26.2 Å². The lowest BCUT2D eigenvalue weighted by Crippen LogP contribution is -2.33. The number of hydrogen-bond donors (Lipinski definition) is 1. The van der Waals surface area contributed by atoms with Crippen molar-refractivity contribution in [3.63, 3.8) is 0 Å². The van der Waals surface area contributed by atoms with Crippen molar-refractivity contribution in [2.75, 3.05) is 33.2 Å². The number of carbonyl (C=O) groups is 1. The number of halogens is 1. The summed E-state index contributed by atoms with van der Waals surface area (Å²) >= 11 is 3.32. The molecule has 1 aromatic heterocycles. The van der Waals surface area contributed by atoms with Crippen LogP contribution in [0.25, 0.3) is 0 Å². The molecule has 6 heteroatoms. The van der Waals surface area contributed by atoms with Crippen LogP contribution in [0.2, 0.25) is 0 Å². The van der Waals surface area contributed by atoms with Crippen LogP contribution in [0.1, 0.15) is 10.4 Å². The van der Waals surface area contributed by atoms with E-state index >= 15 is 0 Å². The maximum atomic E-state index is 12.5. The van der Waals surface area contributed by atoms with Gasteiger partial charge in [-0.05, 0) is 34.8 Å². The summed E-state index contributed by atoms with van der Waals surface area (Å²) in [5.74, 6) is 1.11. The number of likely N-dealkylation sites (tertiary alicyclic amines) is 2. The van der Waals surface area contributed by atoms with E-state index in [-0.39, 0.29) is 11.5 Å². The van der Waals surface area contributed by atoms with Gasteiger partial charge in [-0.1, -0.05) is 0 Å². The number of rotatable bonds is 1. The zero-order valence-corrected chi connectivity index (χ0v) is 12.3. The summed E-state index contributed by atoms with van der Waals surface area (Å²) in [6.45, 7) is 3.72. The molecule has 102 valence electrons. The number of nitrogens with one attached hydrogen (secondary N) is 1. The van der Waals surface area contributed by atoms with Gasteiger partial charge in [0.25, 0.3) is 5.91 Å². The zero-order valence-electron chi connectivity index (χ0n) is 10.7. The Kier molecular flexibility index (Phi) is 3.22. The molecule has 2 aliphatic rings. The fraction of sp³-hybridized carbons (Fsp3) is 0.538. The van der Waals surface area contributed by atoms with Gasteiger partial charge in [0, 0.05) is 42.9 Å². The lowest BCUT2D eigenvalue weighted by Gasteiger charge is -2.19. The summed E-state index contributed by atoms with van der Waals surface area (Å²) in [6.07, 6.45) is 1.53. The van der Waals surface area contributed by atoms with Crippen LogP contribution in [0, 0.1) is 11.8 Å². The van der Waals surface area contributed by atoms with Crippen molar-refractivity contribution in [1.82, 2.24) is 14.8 Å². The van der Waals surface area contributed by atoms with Crippen molar-refractivity contribution in [3.8, 4) is 0 Å². The van der Waals surface area contributed by atoms with Crippen LogP contribution < -0.4 is 5.56 Å². The third kappa shape index (κ3) is 2.34. The van der Waals surface area contributed by atoms with Crippen LogP contribution in [0.5, 0.6) is 0 Å². The van der Waals surface area contributed by atoms with E-state index < -0.39 is 0 Å². The first-order valence-corrected chi connectivity index (χ1v) is 7.20. The number of H-pyrrole nitrogens is 1. The lowest BCUT2D eigenvalue weighted by atomic mass is 10.0. The molecule has 2 aliphatic heterocycles. The Morgan fingerprint density at radius 2 is 1.95 bits per heavy atom. The van der Waals surface area contributed by atoms with Crippen molar-refractivity contribution in [2.24, 2.45) is 11.8 Å². The van der Waals surface area contributed by atoms with E-state index in [1.165, 1.54) is 12.3 Å². The highest BCUT2D eigenvalue weighted by Crippen LogP contribution is 2.31. The molecule has 0 saturated carbocycles. The Morgan fingerprint density at radius 1 is 1.32 bits per heavy atom. The second-order valence-electron chi connectivity index (χ2n) is 5.51. The molecule has 2 saturated heterocycles. The quantitative estimate of drug-likeness (QED) is 0.829. The predicted octanol–water partition coefficient (Wildman–Crippen LogP) is 0.771. The summed E-state index contributed by atoms with van der Waals surface area (Å²) < 4.78 is 0.645. The topological polar surface area (TPSA) is 56.4 Å². The van der Waals surface area contributed by atoms with E-state index in [1.807, 2.05) is 4.90 Å². The van der Waals surface area contributed by atoms with Gasteiger partial charge in [-0.3, -0.25) is 9.59 Å². The van der Waals surface area contributed by atoms with Crippen LogP contribution in [0.4, 0.5) is 0 Å². The number of pyridine rings is 1. The molecule has 0 unspecified atom stereocenters. The number of carbonyl (C=O) groups excluding carboxylic acids is 1. The van der Waals surface area contributed by atoms with Crippen LogP contribution in [-0.2, 0) is 0 Å². The third-order valence-corrected chi connectivity index (χ3v) is 4.72. The Labute approximate surface area is 119 Å². The predicted molar refractivity (Wildman–Crippen MR) is 75.1 cm³/mol. The second-order valence-corrected chi connectivity index (χ2v) is 6.36. The summed E-state index contributed by atoms with van der Waals surface area (Å²) in [4.78, 5) is 30.6. The molecule has 0 bridgehead atoms. The van der Waals surface area contributed by atoms with E-state index in [0.29, 0.717) is 21.9 Å². The van der Waals surface area contributed by atoms with E-state index in [9.17, 15) is 9.59 Å². The Bertz CT molecular complexity index is 557. The maximum absolute atomic E-state index is 12.5. The molecule has 2 fully saturated rings. The van der Waals surface area contributed by atoms with Gasteiger partial charge in [0.2, 0.25) is 5.56 Å². The Hall–Kier alpha value is -1.14. The summed E-state index contributed by atoms with van der Waals surface area (Å²) in [5.41, 5.74) is 0.211. The molecule has 19 heavy (non-hydrogen) atoms. The van der Waals surface area contributed by atoms with Crippen LogP contribution in [-0.4, -0.2) is 53.9 Å². The van der Waals surface area contributed by atoms with Gasteiger partial charge in [-0.2, -0.15) is 0 Å². The average molecular weight is 326 g/mol. The van der Waals surface area contributed by atoms with Crippen LogP contribution >= 0.6 is 15.9 Å². The average Bonchev–Trinajstić information content (AvgIpc) is 2.88. The molecule has 0 radical (unpaired) electrons. The van der Waals surface area contributed by atoms with Gasteiger partial charge >= 0.3 is 0 Å². The summed E-state index contributed by atoms with van der Waals surface area (Å²) in [5, 5.41) is 0. The van der Waals surface area contributed by atoms with E-state index in [4.69, 9.17) is 0 Å². The van der Waals surface area contributed by atoms with E-state index in [1.54, 1.807) is 0 Å². The first kappa shape index (κ1) is 12.9. The molecule has 5 nitrogen and oxygen atoms in total. The van der Waals surface area contributed by atoms with Gasteiger partial charge in [0.1, 0.15) is 0 Å². The maximum Gasteiger partial charge on any atom is 0.255 e. The normalized spacial score (nSPS) is 26.7. The molecule has 0 aliphatic carbocycles. The van der Waals surface area contributed by atoms with Gasteiger partial charge in [0.15, 0.2) is 0 Å². The summed E-state index contributed by atoms with van der Waals surface area (Å²) in [6, 6.07) is 1.37. The van der Waals surface area contributed by atoms with Gasteiger partial charge in [-0.15, -0.1) is 0 Å². The number of hydrogen-bond acceptors (Lipinski definition) is 3.